The van der Waals surface area contributed by atoms with Crippen LogP contribution in [0, 0.1) is 11.8 Å². The molecule has 1 aromatic carbocycles. The highest BCUT2D eigenvalue weighted by Crippen LogP contribution is 2.35. The molecule has 1 aromatic rings. The van der Waals surface area contributed by atoms with Gasteiger partial charge < -0.3 is 20.1 Å². The molecule has 0 aliphatic carbocycles. The summed E-state index contributed by atoms with van der Waals surface area (Å²) in [5, 5.41) is 6.46. The highest BCUT2D eigenvalue weighted by molar-refractivity contribution is 5.76. The molecular formula is C21H32N2O3. The summed E-state index contributed by atoms with van der Waals surface area (Å²) in [5.74, 6) is 2.97. The molecule has 2 aliphatic heterocycles. The molecule has 2 N–H and O–H groups in total. The molecule has 2 heterocycles. The number of nitrogens with one attached hydrogen (secondary N) is 2. The van der Waals surface area contributed by atoms with Crippen molar-refractivity contribution < 1.29 is 14.3 Å². The zero-order valence-corrected chi connectivity index (χ0v) is 16.3. The molecule has 3 rings (SSSR count). The van der Waals surface area contributed by atoms with E-state index in [0.717, 1.165) is 36.6 Å². The quantitative estimate of drug-likeness (QED) is 0.785. The van der Waals surface area contributed by atoms with Crippen molar-refractivity contribution in [2.75, 3.05) is 19.7 Å². The van der Waals surface area contributed by atoms with Crippen LogP contribution < -0.4 is 20.1 Å². The number of ether oxygens (including phenoxy) is 2. The molecule has 0 saturated carbocycles. The van der Waals surface area contributed by atoms with Crippen LogP contribution in [0.5, 0.6) is 11.5 Å². The maximum atomic E-state index is 12.4. The number of hydrogen-bond acceptors (Lipinski definition) is 4. The van der Waals surface area contributed by atoms with Gasteiger partial charge in [0.2, 0.25) is 5.91 Å². The molecule has 1 saturated heterocycles. The van der Waals surface area contributed by atoms with E-state index in [4.69, 9.17) is 9.47 Å². The average molecular weight is 360 g/mol. The summed E-state index contributed by atoms with van der Waals surface area (Å²) >= 11 is 0. The van der Waals surface area contributed by atoms with Gasteiger partial charge in [-0.15, -0.1) is 0 Å². The molecular weight excluding hydrogens is 328 g/mol. The summed E-state index contributed by atoms with van der Waals surface area (Å²) in [6, 6.07) is 4.10. The van der Waals surface area contributed by atoms with Crippen LogP contribution >= 0.6 is 0 Å². The fourth-order valence-electron chi connectivity index (χ4n) is 4.05. The minimum Gasteiger partial charge on any atom is -0.494 e. The van der Waals surface area contributed by atoms with Crippen LogP contribution in [0.25, 0.3) is 0 Å². The zero-order chi connectivity index (χ0) is 18.5. The molecule has 1 amide bonds. The molecule has 0 radical (unpaired) electrons. The second kappa shape index (κ2) is 8.76. The number of carbonyl (C=O) groups excluding carboxylic acids is 1. The Balaban J connectivity index is 1.58. The van der Waals surface area contributed by atoms with Crippen molar-refractivity contribution in [3.05, 3.63) is 23.3 Å². The van der Waals surface area contributed by atoms with Crippen LogP contribution in [0.1, 0.15) is 51.2 Å². The lowest BCUT2D eigenvalue weighted by Gasteiger charge is -2.27. The van der Waals surface area contributed by atoms with Gasteiger partial charge in [0, 0.05) is 30.5 Å². The average Bonchev–Trinajstić information content (AvgIpc) is 2.99. The lowest BCUT2D eigenvalue weighted by molar-refractivity contribution is -0.122. The van der Waals surface area contributed by atoms with Gasteiger partial charge in [0.15, 0.2) is 0 Å². The third kappa shape index (κ3) is 4.70. The minimum absolute atomic E-state index is 0.119. The molecule has 5 nitrogen and oxygen atoms in total. The molecule has 0 aromatic heterocycles. The second-order valence-corrected chi connectivity index (χ2v) is 7.68. The minimum atomic E-state index is 0.119. The highest BCUT2D eigenvalue weighted by atomic mass is 16.5. The smallest absolute Gasteiger partial charge is 0.220 e. The first kappa shape index (κ1) is 19.0. The van der Waals surface area contributed by atoms with E-state index in [-0.39, 0.29) is 12.0 Å². The van der Waals surface area contributed by atoms with E-state index in [1.807, 2.05) is 13.0 Å². The fraction of sp³-hybridized carbons (Fsp3) is 0.667. The lowest BCUT2D eigenvalue weighted by atomic mass is 9.84. The first-order valence-electron chi connectivity index (χ1n) is 9.99. The van der Waals surface area contributed by atoms with Crippen molar-refractivity contribution in [1.82, 2.24) is 10.6 Å². The van der Waals surface area contributed by atoms with Crippen LogP contribution in [0.4, 0.5) is 0 Å². The van der Waals surface area contributed by atoms with Crippen LogP contribution in [-0.2, 0) is 17.8 Å². The highest BCUT2D eigenvalue weighted by Gasteiger charge is 2.24. The Bertz CT molecular complexity index is 626. The Kier molecular flexibility index (Phi) is 6.41. The van der Waals surface area contributed by atoms with Crippen LogP contribution in [0.15, 0.2) is 12.1 Å². The predicted octanol–water partition coefficient (Wildman–Crippen LogP) is 3.05. The number of amides is 1. The van der Waals surface area contributed by atoms with Gasteiger partial charge in [-0.1, -0.05) is 6.92 Å². The van der Waals surface area contributed by atoms with Crippen molar-refractivity contribution >= 4 is 5.91 Å². The third-order valence-electron chi connectivity index (χ3n) is 5.55. The first-order chi connectivity index (χ1) is 12.6. The Hall–Kier alpha value is -1.75. The van der Waals surface area contributed by atoms with Crippen molar-refractivity contribution in [3.63, 3.8) is 0 Å². The second-order valence-electron chi connectivity index (χ2n) is 7.68. The van der Waals surface area contributed by atoms with Crippen molar-refractivity contribution in [2.24, 2.45) is 11.8 Å². The van der Waals surface area contributed by atoms with Crippen molar-refractivity contribution in [1.29, 1.82) is 0 Å². The van der Waals surface area contributed by atoms with E-state index >= 15 is 0 Å². The summed E-state index contributed by atoms with van der Waals surface area (Å²) < 4.78 is 11.6. The van der Waals surface area contributed by atoms with Gasteiger partial charge in [-0.05, 0) is 63.7 Å². The van der Waals surface area contributed by atoms with Gasteiger partial charge in [-0.2, -0.15) is 0 Å². The topological polar surface area (TPSA) is 59.6 Å². The largest absolute Gasteiger partial charge is 0.494 e. The Labute approximate surface area is 156 Å². The standard InChI is InChI=1S/C21H32N2O3/c1-4-25-19-11-17-10-15(3)26-20(17)12-18(19)13-23-21(24)9-14(2)16-5-7-22-8-6-16/h11-12,14-16,22H,4-10,13H2,1-3H3,(H,23,24). The number of fused-ring (bicyclic) bond motifs is 1. The van der Waals surface area contributed by atoms with E-state index in [0.29, 0.717) is 31.4 Å². The summed E-state index contributed by atoms with van der Waals surface area (Å²) in [4.78, 5) is 12.4. The number of hydrogen-bond donors (Lipinski definition) is 2. The van der Waals surface area contributed by atoms with E-state index < -0.39 is 0 Å². The van der Waals surface area contributed by atoms with Gasteiger partial charge in [-0.3, -0.25) is 4.79 Å². The molecule has 26 heavy (non-hydrogen) atoms. The predicted molar refractivity (Wildman–Crippen MR) is 103 cm³/mol. The normalized spacial score (nSPS) is 21.0. The number of benzene rings is 1. The summed E-state index contributed by atoms with van der Waals surface area (Å²) in [7, 11) is 0. The molecule has 2 aliphatic rings. The number of piperidine rings is 1. The Morgan fingerprint density at radius 2 is 2.15 bits per heavy atom. The van der Waals surface area contributed by atoms with Crippen molar-refractivity contribution in [2.45, 2.75) is 59.1 Å². The van der Waals surface area contributed by atoms with Gasteiger partial charge in [0.25, 0.3) is 0 Å². The van der Waals surface area contributed by atoms with Crippen molar-refractivity contribution in [3.8, 4) is 11.5 Å². The van der Waals surface area contributed by atoms with E-state index in [9.17, 15) is 4.79 Å². The van der Waals surface area contributed by atoms with E-state index in [2.05, 4.69) is 30.5 Å². The van der Waals surface area contributed by atoms with E-state index in [1.165, 1.54) is 18.4 Å². The first-order valence-corrected chi connectivity index (χ1v) is 9.99. The number of carbonyl (C=O) groups is 1. The summed E-state index contributed by atoms with van der Waals surface area (Å²) in [6.07, 6.45) is 4.05. The molecule has 1 fully saturated rings. The summed E-state index contributed by atoms with van der Waals surface area (Å²) in [5.41, 5.74) is 2.18. The summed E-state index contributed by atoms with van der Waals surface area (Å²) in [6.45, 7) is 9.50. The molecule has 2 unspecified atom stereocenters. The van der Waals surface area contributed by atoms with E-state index in [1.54, 1.807) is 0 Å². The Morgan fingerprint density at radius 3 is 2.88 bits per heavy atom. The third-order valence-corrected chi connectivity index (χ3v) is 5.55. The monoisotopic (exact) mass is 360 g/mol. The molecule has 144 valence electrons. The van der Waals surface area contributed by atoms with Crippen LogP contribution in [0.2, 0.25) is 0 Å². The van der Waals surface area contributed by atoms with Gasteiger partial charge in [0.1, 0.15) is 17.6 Å². The van der Waals surface area contributed by atoms with Gasteiger partial charge in [0.05, 0.1) is 6.61 Å². The van der Waals surface area contributed by atoms with Crippen LogP contribution in [-0.4, -0.2) is 31.7 Å². The maximum absolute atomic E-state index is 12.4. The Morgan fingerprint density at radius 1 is 1.38 bits per heavy atom. The molecule has 0 bridgehead atoms. The maximum Gasteiger partial charge on any atom is 0.220 e. The molecule has 0 spiro atoms. The molecule has 5 heteroatoms. The fourth-order valence-corrected chi connectivity index (χ4v) is 4.05. The SMILES string of the molecule is CCOc1cc2c(cc1CNC(=O)CC(C)C1CCNCC1)OC(C)C2. The zero-order valence-electron chi connectivity index (χ0n) is 16.3. The number of rotatable bonds is 7. The van der Waals surface area contributed by atoms with Gasteiger partial charge in [-0.25, -0.2) is 0 Å². The molecule has 2 atom stereocenters. The van der Waals surface area contributed by atoms with Gasteiger partial charge >= 0.3 is 0 Å². The lowest BCUT2D eigenvalue weighted by Crippen LogP contribution is -2.33. The van der Waals surface area contributed by atoms with Crippen LogP contribution in [0.3, 0.4) is 0 Å².